The predicted molar refractivity (Wildman–Crippen MR) is 92.6 cm³/mol. The van der Waals surface area contributed by atoms with Gasteiger partial charge in [0.15, 0.2) is 0 Å². The second-order valence-electron chi connectivity index (χ2n) is 6.51. The first kappa shape index (κ1) is 26.7. The fourth-order valence-electron chi connectivity index (χ4n) is 3.35. The number of allylic oxidation sites excluding steroid dienone is 4. The summed E-state index contributed by atoms with van der Waals surface area (Å²) in [6.07, 6.45) is 6.67. The summed E-state index contributed by atoms with van der Waals surface area (Å²) in [6.45, 7) is 9.08. The molecule has 0 aromatic heterocycles. The van der Waals surface area contributed by atoms with Gasteiger partial charge >= 0.3 is 144 Å². The van der Waals surface area contributed by atoms with Crippen LogP contribution in [0, 0.1) is 13.8 Å². The normalized spacial score (nSPS) is 13.9. The molecule has 0 saturated carbocycles. The topological polar surface area (TPSA) is 0 Å². The third kappa shape index (κ3) is 7.40. The van der Waals surface area contributed by atoms with Crippen molar-refractivity contribution in [2.45, 2.75) is 59.8 Å². The Balaban J connectivity index is 0. The van der Waals surface area contributed by atoms with E-state index in [-0.39, 0.29) is 46.7 Å². The summed E-state index contributed by atoms with van der Waals surface area (Å²) in [4.78, 5) is 0. The van der Waals surface area contributed by atoms with Crippen molar-refractivity contribution < 1.29 is 57.7 Å². The number of rotatable bonds is 6. The second-order valence-corrected chi connectivity index (χ2v) is 9.32. The maximum absolute atomic E-state index is 2.41. The summed E-state index contributed by atoms with van der Waals surface area (Å²) in [5.74, 6) is 0. The molecule has 0 radical (unpaired) electrons. The number of unbranched alkanes of at least 4 members (excludes halogenated alkanes) is 2. The molecule has 0 spiro atoms. The fourth-order valence-corrected chi connectivity index (χ4v) is 6.39. The molecule has 1 aromatic rings. The van der Waals surface area contributed by atoms with E-state index in [1.807, 2.05) is 0 Å². The number of halogens is 3. The number of benzene rings is 1. The first-order chi connectivity index (χ1) is 10.0. The van der Waals surface area contributed by atoms with Gasteiger partial charge in [0.05, 0.1) is 0 Å². The van der Waals surface area contributed by atoms with Gasteiger partial charge in [-0.2, -0.15) is 0 Å². The van der Waals surface area contributed by atoms with Crippen molar-refractivity contribution in [1.29, 1.82) is 0 Å². The number of hydrogen-bond donors (Lipinski definition) is 0. The van der Waals surface area contributed by atoms with E-state index < -0.39 is 0 Å². The first-order valence-corrected chi connectivity index (χ1v) is 10.4. The third-order valence-corrected chi connectivity index (χ3v) is 8.00. The van der Waals surface area contributed by atoms with E-state index >= 15 is 0 Å². The van der Waals surface area contributed by atoms with Gasteiger partial charge in [-0.05, 0) is 0 Å². The standard InChI is InChI=1S/C19H27Si.3ClH.Ti/c1-5-6-7-8-17-13-19(12-16(17)4)20-18-10-14(2)9-15(3)11-18;;;;/h9-11H,5-8,13,20H2,1-4H3;3*1H;/q;;;;+3/p-3. The van der Waals surface area contributed by atoms with Crippen LogP contribution in [-0.4, -0.2) is 9.52 Å². The van der Waals surface area contributed by atoms with Crippen LogP contribution in [0.2, 0.25) is 0 Å². The van der Waals surface area contributed by atoms with Gasteiger partial charge in [0.25, 0.3) is 0 Å². The minimum atomic E-state index is -0.279. The summed E-state index contributed by atoms with van der Waals surface area (Å²) in [7, 11) is -0.279. The second kappa shape index (κ2) is 12.8. The van der Waals surface area contributed by atoms with Gasteiger partial charge in [-0.3, -0.25) is 0 Å². The third-order valence-electron chi connectivity index (χ3n) is 4.47. The van der Waals surface area contributed by atoms with E-state index in [4.69, 9.17) is 0 Å². The molecule has 0 unspecified atom stereocenters. The monoisotopic (exact) mass is 436 g/mol. The zero-order valence-corrected chi connectivity index (χ0v) is 20.4. The molecule has 0 N–H and O–H groups in total. The zero-order valence-electron chi connectivity index (χ0n) is 15.1. The zero-order chi connectivity index (χ0) is 15.4. The van der Waals surface area contributed by atoms with E-state index in [2.05, 4.69) is 66.3 Å². The Kier molecular flexibility index (Phi) is 14.2. The van der Waals surface area contributed by atoms with E-state index in [1.54, 1.807) is 25.4 Å². The van der Waals surface area contributed by atoms with Crippen LogP contribution >= 0.6 is 0 Å². The summed E-state index contributed by atoms with van der Waals surface area (Å²) in [5.41, 5.74) is 6.18. The van der Waals surface area contributed by atoms with Crippen LogP contribution in [0.3, 0.4) is 0 Å². The smallest absolute Gasteiger partial charge is 1.00 e. The van der Waals surface area contributed by atoms with E-state index in [0.29, 0.717) is 0 Å². The molecular formula is C19H27Cl3SiTi. The van der Waals surface area contributed by atoms with Gasteiger partial charge in [-0.25, -0.2) is 0 Å². The first-order valence-electron chi connectivity index (χ1n) is 8.21. The Morgan fingerprint density at radius 1 is 0.958 bits per heavy atom. The van der Waals surface area contributed by atoms with Gasteiger partial charge in [0.2, 0.25) is 0 Å². The van der Waals surface area contributed by atoms with Crippen LogP contribution in [0.25, 0.3) is 0 Å². The quantitative estimate of drug-likeness (QED) is 0.310. The fraction of sp³-hybridized carbons (Fsp3) is 0.474. The Labute approximate surface area is 180 Å². The van der Waals surface area contributed by atoms with Crippen molar-refractivity contribution >= 4 is 14.7 Å². The van der Waals surface area contributed by atoms with Crippen molar-refractivity contribution in [2.24, 2.45) is 0 Å². The summed E-state index contributed by atoms with van der Waals surface area (Å²) in [6, 6.07) is 7.10. The molecule has 0 heterocycles. The molecule has 0 fully saturated rings. The average molecular weight is 438 g/mol. The van der Waals surface area contributed by atoms with Crippen molar-refractivity contribution in [3.63, 3.8) is 0 Å². The van der Waals surface area contributed by atoms with Crippen molar-refractivity contribution in [1.82, 2.24) is 0 Å². The summed E-state index contributed by atoms with van der Waals surface area (Å²) >= 11 is 2.35. The molecule has 1 aliphatic carbocycles. The van der Waals surface area contributed by atoms with Gasteiger partial charge in [0, 0.05) is 0 Å². The van der Waals surface area contributed by atoms with Gasteiger partial charge in [-0.1, -0.05) is 0 Å². The molecule has 5 heteroatoms. The molecule has 1 aliphatic rings. The SMILES string of the molecule is CCCCCC1=C(C)[C]([Ti+3])=C([SiH2]c2cc(C)cc(C)c2)C1.[Cl-].[Cl-].[Cl-]. The van der Waals surface area contributed by atoms with Crippen LogP contribution in [0.4, 0.5) is 0 Å². The van der Waals surface area contributed by atoms with Crippen LogP contribution in [-0.2, 0) is 20.4 Å². The predicted octanol–water partition coefficient (Wildman–Crippen LogP) is -4.83. The number of aryl methyl sites for hydroxylation is 2. The molecule has 0 bridgehead atoms. The molecule has 0 atom stereocenters. The maximum atomic E-state index is 2.41. The molecular weight excluding hydrogens is 411 g/mol. The molecule has 2 rings (SSSR count). The molecule has 132 valence electrons. The Bertz CT molecular complexity index is 574. The van der Waals surface area contributed by atoms with Crippen LogP contribution in [0.5, 0.6) is 0 Å². The minimum absolute atomic E-state index is 0. The largest absolute Gasteiger partial charge is 1.00 e. The molecule has 1 aromatic carbocycles. The van der Waals surface area contributed by atoms with Crippen LogP contribution in [0.1, 0.15) is 57.1 Å². The molecule has 0 nitrogen and oxygen atoms in total. The van der Waals surface area contributed by atoms with Gasteiger partial charge in [-0.15, -0.1) is 0 Å². The minimum Gasteiger partial charge on any atom is -1.00 e. The van der Waals surface area contributed by atoms with Gasteiger partial charge in [0.1, 0.15) is 0 Å². The summed E-state index contributed by atoms with van der Waals surface area (Å²) < 4.78 is 1.62. The van der Waals surface area contributed by atoms with Crippen LogP contribution in [0.15, 0.2) is 38.4 Å². The van der Waals surface area contributed by atoms with Crippen molar-refractivity contribution in [3.8, 4) is 0 Å². The van der Waals surface area contributed by atoms with Crippen molar-refractivity contribution in [2.75, 3.05) is 0 Å². The van der Waals surface area contributed by atoms with Crippen molar-refractivity contribution in [3.05, 3.63) is 49.5 Å². The van der Waals surface area contributed by atoms with E-state index in [9.17, 15) is 0 Å². The van der Waals surface area contributed by atoms with Gasteiger partial charge < -0.3 is 37.2 Å². The molecule has 24 heavy (non-hydrogen) atoms. The van der Waals surface area contributed by atoms with E-state index in [0.717, 1.165) is 0 Å². The Morgan fingerprint density at radius 2 is 1.54 bits per heavy atom. The average Bonchev–Trinajstić information content (AvgIpc) is 2.66. The Hall–Kier alpha value is 0.501. The Morgan fingerprint density at radius 3 is 2.08 bits per heavy atom. The molecule has 0 amide bonds. The number of hydrogen-bond acceptors (Lipinski definition) is 0. The van der Waals surface area contributed by atoms with Crippen LogP contribution < -0.4 is 42.4 Å². The maximum Gasteiger partial charge on any atom is -1.00 e. The molecule has 0 saturated heterocycles. The summed E-state index contributed by atoms with van der Waals surface area (Å²) in [5, 5.41) is 3.40. The van der Waals surface area contributed by atoms with E-state index in [1.165, 1.54) is 43.2 Å². The molecule has 0 aliphatic heterocycles.